The number of pyridine rings is 1. The number of amides is 1. The first-order valence-corrected chi connectivity index (χ1v) is 35.6. The summed E-state index contributed by atoms with van der Waals surface area (Å²) in [5, 5.41) is 18.9. The van der Waals surface area contributed by atoms with Crippen molar-refractivity contribution < 1.29 is 23.8 Å². The zero-order valence-corrected chi connectivity index (χ0v) is 57.0. The van der Waals surface area contributed by atoms with Crippen molar-refractivity contribution in [2.75, 3.05) is 133 Å². The molecule has 0 atom stereocenters. The second-order valence-corrected chi connectivity index (χ2v) is 27.2. The second kappa shape index (κ2) is 28.8. The van der Waals surface area contributed by atoms with Crippen LogP contribution in [0.25, 0.3) is 82.8 Å². The Morgan fingerprint density at radius 3 is 1.23 bits per heavy atom. The van der Waals surface area contributed by atoms with E-state index < -0.39 is 5.91 Å². The number of aryl methyl sites for hydroxylation is 1. The first kappa shape index (κ1) is 64.8. The van der Waals surface area contributed by atoms with Gasteiger partial charge < -0.3 is 34.6 Å². The van der Waals surface area contributed by atoms with E-state index in [1.807, 2.05) is 118 Å². The third kappa shape index (κ3) is 13.2. The molecule has 7 aromatic heterocycles. The van der Waals surface area contributed by atoms with Gasteiger partial charge in [0, 0.05) is 136 Å². The average molecular weight is 1340 g/mol. The third-order valence-electron chi connectivity index (χ3n) is 21.4. The van der Waals surface area contributed by atoms with Crippen LogP contribution in [0.1, 0.15) is 71.9 Å². The third-order valence-corrected chi connectivity index (χ3v) is 21.4. The molecule has 0 saturated carbocycles. The van der Waals surface area contributed by atoms with Gasteiger partial charge in [0.05, 0.1) is 118 Å². The standard InChI is InChI=1S/C27H29N5O2.C26H28N6O2.C25H28N6O/c1-19(33)22-4-2-6-24-23(22)5-3-7-25(24)26-17-29-32-18-21(16-28-27(26)32)30-10-8-20(9-11-30)31-12-14-34-15-13-31;27-25(33)23-6-5-22(20-3-1-2-4-21(20)23)24-16-29-32-17-19(15-28-26(24)32)30-9-7-18(8-10-30)31-11-13-34-14-12-31;1-18-14-22(21-4-2-3-5-24(21)28-18)23-16-27-31-17-20(15-26-25(23)31)29-8-6-19(7-9-29)30-10-12-32-13-11-30/h2-7,16-18,20H,8-15H2,1H3;1-6,15-18H,7-14H2,(H2,27,33);2-5,14-17,19H,6-13H2,1H3. The quantitative estimate of drug-likeness (QED) is 0.119. The highest BCUT2D eigenvalue weighted by Gasteiger charge is 2.31. The molecule has 6 aliphatic heterocycles. The minimum atomic E-state index is -0.428. The predicted molar refractivity (Wildman–Crippen MR) is 392 cm³/mol. The predicted octanol–water partition coefficient (Wildman–Crippen LogP) is 10.6. The van der Waals surface area contributed by atoms with Crippen LogP contribution in [0.5, 0.6) is 0 Å². The largest absolute Gasteiger partial charge is 0.379 e. The van der Waals surface area contributed by atoms with Crippen molar-refractivity contribution in [1.29, 1.82) is 0 Å². The van der Waals surface area contributed by atoms with Gasteiger partial charge in [-0.05, 0) is 109 Å². The molecule has 0 radical (unpaired) electrons. The summed E-state index contributed by atoms with van der Waals surface area (Å²) in [5.74, 6) is -0.356. The van der Waals surface area contributed by atoms with E-state index in [9.17, 15) is 9.59 Å². The monoisotopic (exact) mass is 1340 g/mol. The number of ether oxygens (including phenoxy) is 3. The Morgan fingerprint density at radius 2 is 0.780 bits per heavy atom. The van der Waals surface area contributed by atoms with E-state index in [0.717, 1.165) is 255 Å². The maximum Gasteiger partial charge on any atom is 0.249 e. The number of Topliss-reactive ketones (excluding diaryl/α,β-unsaturated/α-hetero) is 1. The number of ketones is 1. The van der Waals surface area contributed by atoms with Crippen LogP contribution in [0.4, 0.5) is 17.1 Å². The molecule has 13 heterocycles. The highest BCUT2D eigenvalue weighted by atomic mass is 16.5. The van der Waals surface area contributed by atoms with E-state index in [4.69, 9.17) is 34.9 Å². The van der Waals surface area contributed by atoms with E-state index in [-0.39, 0.29) is 5.78 Å². The Labute approximate surface area is 580 Å². The van der Waals surface area contributed by atoms with Crippen LogP contribution in [-0.2, 0) is 14.2 Å². The van der Waals surface area contributed by atoms with Crippen LogP contribution < -0.4 is 20.4 Å². The van der Waals surface area contributed by atoms with Gasteiger partial charge in [-0.15, -0.1) is 0 Å². The zero-order chi connectivity index (χ0) is 67.6. The molecule has 12 aromatic rings. The maximum atomic E-state index is 12.1. The number of hydrogen-bond acceptors (Lipinski definition) is 18. The summed E-state index contributed by atoms with van der Waals surface area (Å²) in [4.78, 5) is 58.2. The molecule has 22 heteroatoms. The molecule has 5 aromatic carbocycles. The number of aromatic nitrogens is 10. The van der Waals surface area contributed by atoms with Crippen LogP contribution in [0.2, 0.25) is 0 Å². The molecular formula is C78H85N17O5. The van der Waals surface area contributed by atoms with Gasteiger partial charge in [-0.3, -0.25) is 29.3 Å². The van der Waals surface area contributed by atoms with Crippen LogP contribution >= 0.6 is 0 Å². The fourth-order valence-corrected chi connectivity index (χ4v) is 16.1. The first-order chi connectivity index (χ1) is 49.1. The number of benzene rings is 5. The molecular weight excluding hydrogens is 1250 g/mol. The average Bonchev–Trinajstić information content (AvgIpc) is 1.13. The van der Waals surface area contributed by atoms with Crippen molar-refractivity contribution in [3.8, 4) is 33.4 Å². The SMILES string of the molecule is CC(=O)c1cccc2c(-c3cnn4cc(N5CCC(N6CCOCC6)CC5)cnc34)cccc12.Cc1cc(-c2cnn3cc(N4CCC(N5CCOCC5)CC4)cnc23)c2ccccc2n1.NC(=O)c1ccc(-c2cnn3cc(N4CCC(N5CCOCC5)CC4)cnc23)c2ccccc12. The summed E-state index contributed by atoms with van der Waals surface area (Å²) < 4.78 is 22.2. The van der Waals surface area contributed by atoms with E-state index in [0.29, 0.717) is 23.7 Å². The Balaban J connectivity index is 0.000000117. The molecule has 0 spiro atoms. The van der Waals surface area contributed by atoms with Gasteiger partial charge in [0.25, 0.3) is 0 Å². The number of morpholine rings is 3. The summed E-state index contributed by atoms with van der Waals surface area (Å²) in [6.07, 6.45) is 24.9. The number of piperidine rings is 3. The number of primary amides is 1. The van der Waals surface area contributed by atoms with Gasteiger partial charge in [-0.1, -0.05) is 84.9 Å². The fourth-order valence-electron chi connectivity index (χ4n) is 16.1. The molecule has 6 aliphatic rings. The van der Waals surface area contributed by atoms with Crippen LogP contribution in [0.3, 0.4) is 0 Å². The number of fused-ring (bicyclic) bond motifs is 6. The zero-order valence-electron chi connectivity index (χ0n) is 57.0. The van der Waals surface area contributed by atoms with Gasteiger partial charge >= 0.3 is 0 Å². The number of para-hydroxylation sites is 1. The number of carbonyl (C=O) groups excluding carboxylic acids is 2. The topological polar surface area (TPSA) is 211 Å². The van der Waals surface area contributed by atoms with Gasteiger partial charge in [0.2, 0.25) is 5.91 Å². The molecule has 6 fully saturated rings. The number of anilines is 3. The molecule has 18 rings (SSSR count). The minimum Gasteiger partial charge on any atom is -0.379 e. The smallest absolute Gasteiger partial charge is 0.249 e. The molecule has 0 aliphatic carbocycles. The van der Waals surface area contributed by atoms with Crippen LogP contribution in [-0.4, -0.2) is 211 Å². The Bertz CT molecular complexity index is 4770. The van der Waals surface area contributed by atoms with Crippen LogP contribution in [0, 0.1) is 6.92 Å². The van der Waals surface area contributed by atoms with Gasteiger partial charge in [-0.2, -0.15) is 15.3 Å². The summed E-state index contributed by atoms with van der Waals surface area (Å²) in [6.45, 7) is 21.3. The van der Waals surface area contributed by atoms with Gasteiger partial charge in [-0.25, -0.2) is 28.5 Å². The summed E-state index contributed by atoms with van der Waals surface area (Å²) in [5.41, 5.74) is 20.8. The molecule has 22 nitrogen and oxygen atoms in total. The summed E-state index contributed by atoms with van der Waals surface area (Å²) in [6, 6.07) is 35.9. The van der Waals surface area contributed by atoms with Crippen LogP contribution in [0.15, 0.2) is 159 Å². The lowest BCUT2D eigenvalue weighted by molar-refractivity contribution is 0.0115. The maximum absolute atomic E-state index is 12.1. The van der Waals surface area contributed by atoms with Crippen molar-refractivity contribution in [1.82, 2.24) is 63.5 Å². The Kier molecular flexibility index (Phi) is 18.7. The number of nitrogens with two attached hydrogens (primary N) is 1. The highest BCUT2D eigenvalue weighted by molar-refractivity contribution is 6.12. The molecule has 6 saturated heterocycles. The Morgan fingerprint density at radius 1 is 0.400 bits per heavy atom. The fraction of sp³-hybridized carbons (Fsp3) is 0.372. The number of hydrogen-bond donors (Lipinski definition) is 1. The first-order valence-electron chi connectivity index (χ1n) is 35.6. The van der Waals surface area contributed by atoms with Crippen molar-refractivity contribution in [3.05, 3.63) is 176 Å². The Hall–Kier alpha value is -9.81. The molecule has 1 amide bonds. The van der Waals surface area contributed by atoms with Crippen molar-refractivity contribution in [2.45, 2.75) is 70.5 Å². The molecule has 0 bridgehead atoms. The lowest BCUT2D eigenvalue weighted by Gasteiger charge is -2.40. The number of nitrogens with zero attached hydrogens (tertiary/aromatic N) is 16. The van der Waals surface area contributed by atoms with Gasteiger partial charge in [0.15, 0.2) is 22.7 Å². The van der Waals surface area contributed by atoms with Crippen molar-refractivity contribution >= 4 is 78.1 Å². The van der Waals surface area contributed by atoms with E-state index in [1.54, 1.807) is 13.0 Å². The summed E-state index contributed by atoms with van der Waals surface area (Å²) in [7, 11) is 0. The molecule has 512 valence electrons. The van der Waals surface area contributed by atoms with E-state index in [2.05, 4.69) is 105 Å². The van der Waals surface area contributed by atoms with Crippen molar-refractivity contribution in [3.63, 3.8) is 0 Å². The van der Waals surface area contributed by atoms with E-state index in [1.165, 1.54) is 12.8 Å². The van der Waals surface area contributed by atoms with Gasteiger partial charge in [0.1, 0.15) is 0 Å². The van der Waals surface area contributed by atoms with E-state index >= 15 is 0 Å². The molecule has 0 unspecified atom stereocenters. The second-order valence-electron chi connectivity index (χ2n) is 27.2. The normalized spacial score (nSPS) is 18.2. The minimum absolute atomic E-state index is 0.0720. The number of carbonyl (C=O) groups is 2. The lowest BCUT2D eigenvalue weighted by atomic mass is 9.95. The molecule has 100 heavy (non-hydrogen) atoms. The highest BCUT2D eigenvalue weighted by Crippen LogP contribution is 2.37. The number of rotatable bonds is 11. The lowest BCUT2D eigenvalue weighted by Crippen LogP contribution is -2.49. The summed E-state index contributed by atoms with van der Waals surface area (Å²) >= 11 is 0. The van der Waals surface area contributed by atoms with Crippen molar-refractivity contribution in [2.24, 2.45) is 5.73 Å². The molecule has 2 N–H and O–H groups in total.